The molecule has 11 heteroatoms. The van der Waals surface area contributed by atoms with Crippen LogP contribution in [0.2, 0.25) is 0 Å². The standard InChI is InChI=1S/C30H18F3N5O3/c31-18-5-3-17(4-6-18)27-36-26-25(13-14-34-28(26)37-27)41-24-12-9-20(16-23(24)33)35-29(39)22-2-1-15-38(30(22)40)21-10-7-19(32)8-11-21/h1-16H,(H,35,39)(H,34,36,37). The number of carbonyl (C=O) groups excluding carboxylic acids is 1. The van der Waals surface area contributed by atoms with Crippen LogP contribution in [0.4, 0.5) is 18.9 Å². The Hall–Kier alpha value is -5.71. The molecule has 0 bridgehead atoms. The van der Waals surface area contributed by atoms with Crippen LogP contribution in [0.25, 0.3) is 28.2 Å². The van der Waals surface area contributed by atoms with E-state index in [9.17, 15) is 18.4 Å². The Balaban J connectivity index is 1.22. The van der Waals surface area contributed by atoms with Gasteiger partial charge in [-0.2, -0.15) is 0 Å². The van der Waals surface area contributed by atoms with E-state index in [4.69, 9.17) is 4.74 Å². The molecular formula is C30H18F3N5O3. The molecular weight excluding hydrogens is 535 g/mol. The van der Waals surface area contributed by atoms with Gasteiger partial charge in [-0.1, -0.05) is 0 Å². The molecule has 3 aromatic carbocycles. The van der Waals surface area contributed by atoms with Crippen molar-refractivity contribution >= 4 is 22.8 Å². The molecule has 8 nitrogen and oxygen atoms in total. The molecule has 3 aromatic heterocycles. The number of H-pyrrole nitrogens is 1. The zero-order chi connectivity index (χ0) is 28.5. The number of nitrogens with one attached hydrogen (secondary N) is 2. The molecule has 202 valence electrons. The molecule has 0 atom stereocenters. The monoisotopic (exact) mass is 553 g/mol. The number of fused-ring (bicyclic) bond motifs is 1. The molecule has 0 aliphatic rings. The topological polar surface area (TPSA) is 102 Å². The highest BCUT2D eigenvalue weighted by Crippen LogP contribution is 2.32. The first-order valence-corrected chi connectivity index (χ1v) is 12.2. The second-order valence-electron chi connectivity index (χ2n) is 8.87. The quantitative estimate of drug-likeness (QED) is 0.254. The average molecular weight is 554 g/mol. The van der Waals surface area contributed by atoms with Gasteiger partial charge in [0.1, 0.15) is 28.5 Å². The number of pyridine rings is 2. The van der Waals surface area contributed by atoms with Crippen molar-refractivity contribution in [1.29, 1.82) is 0 Å². The Morgan fingerprint density at radius 3 is 2.34 bits per heavy atom. The number of benzene rings is 3. The highest BCUT2D eigenvalue weighted by Gasteiger charge is 2.16. The fraction of sp³-hybridized carbons (Fsp3) is 0. The van der Waals surface area contributed by atoms with Crippen LogP contribution in [-0.2, 0) is 0 Å². The Kier molecular flexibility index (Phi) is 6.52. The number of ether oxygens (including phenoxy) is 1. The van der Waals surface area contributed by atoms with Crippen molar-refractivity contribution < 1.29 is 22.7 Å². The molecule has 0 saturated carbocycles. The van der Waals surface area contributed by atoms with Crippen LogP contribution in [0.5, 0.6) is 11.5 Å². The van der Waals surface area contributed by atoms with Crippen LogP contribution in [0.15, 0.2) is 102 Å². The smallest absolute Gasteiger partial charge is 0.267 e. The molecule has 0 radical (unpaired) electrons. The number of halogens is 3. The maximum absolute atomic E-state index is 15.0. The predicted molar refractivity (Wildman–Crippen MR) is 146 cm³/mol. The number of amides is 1. The van der Waals surface area contributed by atoms with Gasteiger partial charge in [-0.25, -0.2) is 23.1 Å². The lowest BCUT2D eigenvalue weighted by Crippen LogP contribution is -2.27. The van der Waals surface area contributed by atoms with Gasteiger partial charge < -0.3 is 15.0 Å². The van der Waals surface area contributed by atoms with E-state index in [-0.39, 0.29) is 28.6 Å². The van der Waals surface area contributed by atoms with Crippen molar-refractivity contribution in [3.63, 3.8) is 0 Å². The summed E-state index contributed by atoms with van der Waals surface area (Å²) in [7, 11) is 0. The van der Waals surface area contributed by atoms with Crippen molar-refractivity contribution in [2.45, 2.75) is 0 Å². The first kappa shape index (κ1) is 25.6. The maximum atomic E-state index is 15.0. The van der Waals surface area contributed by atoms with E-state index in [1.807, 2.05) is 0 Å². The van der Waals surface area contributed by atoms with E-state index in [0.29, 0.717) is 28.2 Å². The van der Waals surface area contributed by atoms with E-state index in [1.54, 1.807) is 12.1 Å². The van der Waals surface area contributed by atoms with Gasteiger partial charge in [-0.05, 0) is 72.8 Å². The summed E-state index contributed by atoms with van der Waals surface area (Å²) in [6.07, 6.45) is 2.91. The lowest BCUT2D eigenvalue weighted by atomic mass is 10.2. The number of imidazole rings is 1. The van der Waals surface area contributed by atoms with E-state index < -0.39 is 23.1 Å². The molecule has 0 saturated heterocycles. The third kappa shape index (κ3) is 5.15. The summed E-state index contributed by atoms with van der Waals surface area (Å²) in [5.74, 6) is -1.82. The zero-order valence-corrected chi connectivity index (χ0v) is 20.9. The summed E-state index contributed by atoms with van der Waals surface area (Å²) in [5, 5.41) is 2.51. The highest BCUT2D eigenvalue weighted by atomic mass is 19.1. The number of aromatic nitrogens is 4. The minimum Gasteiger partial charge on any atom is -0.452 e. The van der Waals surface area contributed by atoms with Crippen LogP contribution in [0, 0.1) is 17.5 Å². The normalized spacial score (nSPS) is 11.0. The minimum atomic E-state index is -0.775. The number of aromatic amines is 1. The van der Waals surface area contributed by atoms with E-state index in [2.05, 4.69) is 20.3 Å². The lowest BCUT2D eigenvalue weighted by molar-refractivity contribution is 0.102. The van der Waals surface area contributed by atoms with Gasteiger partial charge in [0, 0.05) is 41.5 Å². The zero-order valence-electron chi connectivity index (χ0n) is 20.9. The number of hydrogen-bond donors (Lipinski definition) is 2. The fourth-order valence-electron chi connectivity index (χ4n) is 4.17. The summed E-state index contributed by atoms with van der Waals surface area (Å²) in [5.41, 5.74) is 1.02. The molecule has 0 unspecified atom stereocenters. The summed E-state index contributed by atoms with van der Waals surface area (Å²) in [6.45, 7) is 0. The van der Waals surface area contributed by atoms with E-state index in [1.165, 1.54) is 83.7 Å². The molecule has 0 aliphatic carbocycles. The molecule has 0 aliphatic heterocycles. The van der Waals surface area contributed by atoms with Gasteiger partial charge in [0.15, 0.2) is 23.0 Å². The SMILES string of the molecule is O=C(Nc1ccc(Oc2ccnc3nc(-c4ccc(F)cc4)[nH]c23)c(F)c1)c1cccn(-c2ccc(F)cc2)c1=O. The predicted octanol–water partition coefficient (Wildman–Crippen LogP) is 6.24. The first-order chi connectivity index (χ1) is 19.9. The number of hydrogen-bond acceptors (Lipinski definition) is 5. The molecule has 6 aromatic rings. The van der Waals surface area contributed by atoms with Gasteiger partial charge in [0.2, 0.25) is 0 Å². The Labute approximate surface area is 229 Å². The number of rotatable bonds is 6. The summed E-state index contributed by atoms with van der Waals surface area (Å²) in [6, 6.07) is 19.2. The third-order valence-electron chi connectivity index (χ3n) is 6.18. The van der Waals surface area contributed by atoms with Gasteiger partial charge >= 0.3 is 0 Å². The van der Waals surface area contributed by atoms with Crippen LogP contribution >= 0.6 is 0 Å². The second-order valence-corrected chi connectivity index (χ2v) is 8.87. The van der Waals surface area contributed by atoms with Crippen molar-refractivity contribution in [3.05, 3.63) is 131 Å². The number of anilines is 1. The molecule has 0 spiro atoms. The van der Waals surface area contributed by atoms with Crippen LogP contribution < -0.4 is 15.6 Å². The van der Waals surface area contributed by atoms with Gasteiger partial charge in [-0.15, -0.1) is 0 Å². The average Bonchev–Trinajstić information content (AvgIpc) is 3.41. The Bertz CT molecular complexity index is 1970. The first-order valence-electron chi connectivity index (χ1n) is 12.2. The maximum Gasteiger partial charge on any atom is 0.267 e. The lowest BCUT2D eigenvalue weighted by Gasteiger charge is -2.11. The van der Waals surface area contributed by atoms with Gasteiger partial charge in [0.25, 0.3) is 11.5 Å². The van der Waals surface area contributed by atoms with Crippen molar-refractivity contribution in [1.82, 2.24) is 19.5 Å². The fourth-order valence-corrected chi connectivity index (χ4v) is 4.17. The second kappa shape index (κ2) is 10.5. The number of nitrogens with zero attached hydrogens (tertiary/aromatic N) is 3. The Morgan fingerprint density at radius 1 is 0.878 bits per heavy atom. The number of carbonyl (C=O) groups is 1. The van der Waals surface area contributed by atoms with Crippen molar-refractivity contribution in [2.24, 2.45) is 0 Å². The summed E-state index contributed by atoms with van der Waals surface area (Å²) >= 11 is 0. The van der Waals surface area contributed by atoms with Crippen molar-refractivity contribution in [2.75, 3.05) is 5.32 Å². The van der Waals surface area contributed by atoms with E-state index >= 15 is 4.39 Å². The molecule has 41 heavy (non-hydrogen) atoms. The molecule has 3 heterocycles. The summed E-state index contributed by atoms with van der Waals surface area (Å²) < 4.78 is 48.6. The molecule has 2 N–H and O–H groups in total. The molecule has 6 rings (SSSR count). The summed E-state index contributed by atoms with van der Waals surface area (Å²) in [4.78, 5) is 37.4. The Morgan fingerprint density at radius 2 is 1.61 bits per heavy atom. The van der Waals surface area contributed by atoms with Crippen LogP contribution in [0.1, 0.15) is 10.4 Å². The molecule has 0 fully saturated rings. The largest absolute Gasteiger partial charge is 0.452 e. The van der Waals surface area contributed by atoms with Gasteiger partial charge in [-0.3, -0.25) is 14.2 Å². The minimum absolute atomic E-state index is 0.0939. The van der Waals surface area contributed by atoms with Crippen molar-refractivity contribution in [3.8, 4) is 28.6 Å². The third-order valence-corrected chi connectivity index (χ3v) is 6.18. The van der Waals surface area contributed by atoms with E-state index in [0.717, 1.165) is 6.07 Å². The molecule has 1 amide bonds. The van der Waals surface area contributed by atoms with Crippen LogP contribution in [0.3, 0.4) is 0 Å². The van der Waals surface area contributed by atoms with Gasteiger partial charge in [0.05, 0.1) is 0 Å². The highest BCUT2D eigenvalue weighted by molar-refractivity contribution is 6.04. The van der Waals surface area contributed by atoms with Crippen LogP contribution in [-0.4, -0.2) is 25.4 Å².